The Balaban J connectivity index is 2.23. The lowest BCUT2D eigenvalue weighted by Gasteiger charge is -2.21. The minimum atomic E-state index is 0.875. The third-order valence-electron chi connectivity index (χ3n) is 4.80. The lowest BCUT2D eigenvalue weighted by Crippen LogP contribution is -2.13. The molecule has 0 aromatic rings. The molecule has 0 heteroatoms. The van der Waals surface area contributed by atoms with Gasteiger partial charge in [0, 0.05) is 0 Å². The molecule has 5 unspecified atom stereocenters. The highest BCUT2D eigenvalue weighted by atomic mass is 14.5. The molecule has 0 aliphatic heterocycles. The summed E-state index contributed by atoms with van der Waals surface area (Å²) in [5.74, 6) is 4.67. The van der Waals surface area contributed by atoms with Gasteiger partial charge in [0.2, 0.25) is 0 Å². The van der Waals surface area contributed by atoms with Gasteiger partial charge in [-0.05, 0) is 42.4 Å². The third-order valence-corrected chi connectivity index (χ3v) is 4.80. The van der Waals surface area contributed by atoms with Gasteiger partial charge in [0.25, 0.3) is 0 Å². The molecular formula is C13H22. The van der Waals surface area contributed by atoms with E-state index in [4.69, 9.17) is 0 Å². The van der Waals surface area contributed by atoms with E-state index in [1.807, 2.05) is 0 Å². The van der Waals surface area contributed by atoms with E-state index in [-0.39, 0.29) is 0 Å². The average Bonchev–Trinajstić information content (AvgIpc) is 2.57. The van der Waals surface area contributed by atoms with E-state index in [0.29, 0.717) is 0 Å². The number of fused-ring (bicyclic) bond motifs is 1. The van der Waals surface area contributed by atoms with Crippen molar-refractivity contribution in [3.8, 4) is 0 Å². The summed E-state index contributed by atoms with van der Waals surface area (Å²) in [6.07, 6.45) is 4.09. The van der Waals surface area contributed by atoms with Crippen molar-refractivity contribution >= 4 is 0 Å². The van der Waals surface area contributed by atoms with E-state index in [2.05, 4.69) is 27.4 Å². The number of hydrogen-bond donors (Lipinski definition) is 0. The highest BCUT2D eigenvalue weighted by Crippen LogP contribution is 2.56. The Morgan fingerprint density at radius 3 is 2.54 bits per heavy atom. The Labute approximate surface area is 82.4 Å². The topological polar surface area (TPSA) is 0 Å². The van der Waals surface area contributed by atoms with Crippen LogP contribution in [-0.4, -0.2) is 0 Å². The Hall–Kier alpha value is -0.260. The molecule has 0 spiro atoms. The van der Waals surface area contributed by atoms with Crippen molar-refractivity contribution in [2.75, 3.05) is 0 Å². The monoisotopic (exact) mass is 178 g/mol. The molecule has 74 valence electrons. The molecule has 13 heavy (non-hydrogen) atoms. The Kier molecular flexibility index (Phi) is 2.25. The maximum atomic E-state index is 4.25. The van der Waals surface area contributed by atoms with Gasteiger partial charge in [-0.3, -0.25) is 0 Å². The van der Waals surface area contributed by atoms with Crippen LogP contribution in [0.5, 0.6) is 0 Å². The standard InChI is InChI=1S/C13H22/c1-5-11-9(3)12-7-6-8(2)13(12)10(11)4/h9-13H,2,5-7H2,1,3-4H3. The van der Waals surface area contributed by atoms with Gasteiger partial charge >= 0.3 is 0 Å². The van der Waals surface area contributed by atoms with Gasteiger partial charge in [0.05, 0.1) is 0 Å². The van der Waals surface area contributed by atoms with Gasteiger partial charge in [-0.1, -0.05) is 39.3 Å². The average molecular weight is 178 g/mol. The molecule has 0 bridgehead atoms. The molecule has 2 fully saturated rings. The highest BCUT2D eigenvalue weighted by Gasteiger charge is 2.48. The fourth-order valence-electron chi connectivity index (χ4n) is 4.16. The number of hydrogen-bond acceptors (Lipinski definition) is 0. The summed E-state index contributed by atoms with van der Waals surface area (Å²) in [6, 6.07) is 0. The molecule has 0 heterocycles. The predicted octanol–water partition coefficient (Wildman–Crippen LogP) is 3.88. The van der Waals surface area contributed by atoms with Crippen LogP contribution in [-0.2, 0) is 0 Å². The number of allylic oxidation sites excluding steroid dienone is 1. The molecule has 0 amide bonds. The van der Waals surface area contributed by atoms with Gasteiger partial charge in [0.1, 0.15) is 0 Å². The first-order valence-corrected chi connectivity index (χ1v) is 5.84. The maximum Gasteiger partial charge on any atom is -0.0146 e. The maximum absolute atomic E-state index is 4.25. The van der Waals surface area contributed by atoms with Crippen molar-refractivity contribution < 1.29 is 0 Å². The zero-order chi connectivity index (χ0) is 9.59. The minimum absolute atomic E-state index is 0.875. The summed E-state index contributed by atoms with van der Waals surface area (Å²) >= 11 is 0. The summed E-state index contributed by atoms with van der Waals surface area (Å²) < 4.78 is 0. The van der Waals surface area contributed by atoms with Gasteiger partial charge < -0.3 is 0 Å². The van der Waals surface area contributed by atoms with Gasteiger partial charge in [-0.2, -0.15) is 0 Å². The van der Waals surface area contributed by atoms with Crippen molar-refractivity contribution in [1.82, 2.24) is 0 Å². The molecule has 2 aliphatic rings. The van der Waals surface area contributed by atoms with Crippen LogP contribution in [0.3, 0.4) is 0 Å². The normalized spacial score (nSPS) is 49.8. The minimum Gasteiger partial charge on any atom is -0.0996 e. The second kappa shape index (κ2) is 3.15. The van der Waals surface area contributed by atoms with Crippen molar-refractivity contribution in [3.63, 3.8) is 0 Å². The fraction of sp³-hybridized carbons (Fsp3) is 0.846. The molecule has 0 radical (unpaired) electrons. The van der Waals surface area contributed by atoms with Gasteiger partial charge in [-0.25, -0.2) is 0 Å². The van der Waals surface area contributed by atoms with Crippen LogP contribution < -0.4 is 0 Å². The van der Waals surface area contributed by atoms with Crippen molar-refractivity contribution in [3.05, 3.63) is 12.2 Å². The molecule has 2 aliphatic carbocycles. The Bertz CT molecular complexity index is 216. The molecule has 0 aromatic heterocycles. The summed E-state index contributed by atoms with van der Waals surface area (Å²) in [6.45, 7) is 11.5. The fourth-order valence-corrected chi connectivity index (χ4v) is 4.16. The van der Waals surface area contributed by atoms with E-state index in [9.17, 15) is 0 Å². The third kappa shape index (κ3) is 1.18. The highest BCUT2D eigenvalue weighted by molar-refractivity contribution is 5.15. The zero-order valence-electron chi connectivity index (χ0n) is 9.22. The van der Waals surface area contributed by atoms with Crippen LogP contribution in [0, 0.1) is 29.6 Å². The zero-order valence-corrected chi connectivity index (χ0v) is 9.22. The molecular weight excluding hydrogens is 156 g/mol. The van der Waals surface area contributed by atoms with Crippen LogP contribution in [0.2, 0.25) is 0 Å². The molecule has 5 atom stereocenters. The van der Waals surface area contributed by atoms with E-state index in [1.54, 1.807) is 5.57 Å². The second-order valence-electron chi connectivity index (χ2n) is 5.18. The SMILES string of the molecule is C=C1CCC2C(C)C(CC)C(C)C12. The number of rotatable bonds is 1. The Morgan fingerprint density at radius 1 is 1.31 bits per heavy atom. The van der Waals surface area contributed by atoms with E-state index < -0.39 is 0 Å². The molecule has 0 N–H and O–H groups in total. The van der Waals surface area contributed by atoms with E-state index >= 15 is 0 Å². The van der Waals surface area contributed by atoms with Crippen molar-refractivity contribution in [2.24, 2.45) is 29.6 Å². The molecule has 0 nitrogen and oxygen atoms in total. The Morgan fingerprint density at radius 2 is 2.00 bits per heavy atom. The van der Waals surface area contributed by atoms with Crippen LogP contribution in [0.25, 0.3) is 0 Å². The predicted molar refractivity (Wildman–Crippen MR) is 57.5 cm³/mol. The van der Waals surface area contributed by atoms with Crippen LogP contribution in [0.4, 0.5) is 0 Å². The van der Waals surface area contributed by atoms with E-state index in [0.717, 1.165) is 29.6 Å². The smallest absolute Gasteiger partial charge is 0.0146 e. The van der Waals surface area contributed by atoms with Crippen LogP contribution >= 0.6 is 0 Å². The largest absolute Gasteiger partial charge is 0.0996 e. The van der Waals surface area contributed by atoms with Crippen molar-refractivity contribution in [1.29, 1.82) is 0 Å². The molecule has 2 rings (SSSR count). The summed E-state index contributed by atoms with van der Waals surface area (Å²) in [5.41, 5.74) is 1.56. The quantitative estimate of drug-likeness (QED) is 0.534. The van der Waals surface area contributed by atoms with Crippen LogP contribution in [0.1, 0.15) is 40.0 Å². The summed E-state index contributed by atoms with van der Waals surface area (Å²) in [4.78, 5) is 0. The van der Waals surface area contributed by atoms with Gasteiger partial charge in [0.15, 0.2) is 0 Å². The molecule has 2 saturated carbocycles. The van der Waals surface area contributed by atoms with Crippen molar-refractivity contribution in [2.45, 2.75) is 40.0 Å². The second-order valence-corrected chi connectivity index (χ2v) is 5.18. The summed E-state index contributed by atoms with van der Waals surface area (Å²) in [7, 11) is 0. The summed E-state index contributed by atoms with van der Waals surface area (Å²) in [5, 5.41) is 0. The first kappa shape index (κ1) is 9.30. The molecule has 0 saturated heterocycles. The molecule has 0 aromatic carbocycles. The van der Waals surface area contributed by atoms with Gasteiger partial charge in [-0.15, -0.1) is 0 Å². The first-order valence-electron chi connectivity index (χ1n) is 5.84. The first-order chi connectivity index (χ1) is 6.16. The lowest BCUT2D eigenvalue weighted by molar-refractivity contribution is 0.298. The van der Waals surface area contributed by atoms with E-state index in [1.165, 1.54) is 19.3 Å². The van der Waals surface area contributed by atoms with Crippen LogP contribution in [0.15, 0.2) is 12.2 Å². The lowest BCUT2D eigenvalue weighted by atomic mass is 9.84.